The Morgan fingerprint density at radius 3 is 2.53 bits per heavy atom. The fourth-order valence-corrected chi connectivity index (χ4v) is 2.68. The van der Waals surface area contributed by atoms with Crippen LogP contribution >= 0.6 is 0 Å². The van der Waals surface area contributed by atoms with Gasteiger partial charge in [-0.2, -0.15) is 0 Å². The van der Waals surface area contributed by atoms with Gasteiger partial charge in [0.2, 0.25) is 0 Å². The fraction of sp³-hybridized carbons (Fsp3) is 0.857. The minimum Gasteiger partial charge on any atom is -0.393 e. The van der Waals surface area contributed by atoms with Crippen molar-refractivity contribution in [2.45, 2.75) is 59.0 Å². The molecule has 1 saturated carbocycles. The van der Waals surface area contributed by atoms with Crippen LogP contribution in [0.15, 0.2) is 12.7 Å². The van der Waals surface area contributed by atoms with E-state index in [1.807, 2.05) is 6.08 Å². The summed E-state index contributed by atoms with van der Waals surface area (Å²) in [6.07, 6.45) is 7.42. The molecule has 3 atom stereocenters. The predicted molar refractivity (Wildman–Crippen MR) is 65.7 cm³/mol. The molecule has 1 nitrogen and oxygen atoms in total. The number of rotatable bonds is 3. The summed E-state index contributed by atoms with van der Waals surface area (Å²) in [5.41, 5.74) is 0.395. The van der Waals surface area contributed by atoms with Gasteiger partial charge in [-0.1, -0.05) is 26.8 Å². The molecule has 0 saturated heterocycles. The summed E-state index contributed by atoms with van der Waals surface area (Å²) < 4.78 is 0. The normalized spacial score (nSPS) is 32.7. The van der Waals surface area contributed by atoms with Crippen LogP contribution in [0.4, 0.5) is 0 Å². The highest BCUT2D eigenvalue weighted by Crippen LogP contribution is 2.41. The van der Waals surface area contributed by atoms with Crippen molar-refractivity contribution in [3.63, 3.8) is 0 Å². The topological polar surface area (TPSA) is 20.2 Å². The SMILES string of the molecule is C=CCCC1CC(C(C)(C)C)CCC1O. The van der Waals surface area contributed by atoms with E-state index in [0.29, 0.717) is 11.3 Å². The highest BCUT2D eigenvalue weighted by Gasteiger charge is 2.34. The van der Waals surface area contributed by atoms with Crippen LogP contribution in [0.25, 0.3) is 0 Å². The van der Waals surface area contributed by atoms with E-state index in [-0.39, 0.29) is 6.10 Å². The summed E-state index contributed by atoms with van der Waals surface area (Å²) in [4.78, 5) is 0. The number of hydrogen-bond acceptors (Lipinski definition) is 1. The maximum absolute atomic E-state index is 9.94. The fourth-order valence-electron chi connectivity index (χ4n) is 2.68. The van der Waals surface area contributed by atoms with Crippen LogP contribution in [0, 0.1) is 17.3 Å². The second-order valence-electron chi connectivity index (χ2n) is 6.07. The first-order valence-corrected chi connectivity index (χ1v) is 6.24. The molecule has 1 rings (SSSR count). The Morgan fingerprint density at radius 1 is 1.33 bits per heavy atom. The molecule has 0 aliphatic heterocycles. The van der Waals surface area contributed by atoms with Crippen molar-refractivity contribution >= 4 is 0 Å². The van der Waals surface area contributed by atoms with Gasteiger partial charge in [-0.3, -0.25) is 0 Å². The Bertz CT molecular complexity index is 202. The second-order valence-corrected chi connectivity index (χ2v) is 6.07. The predicted octanol–water partition coefficient (Wildman–Crippen LogP) is 3.78. The van der Waals surface area contributed by atoms with Crippen LogP contribution in [0.1, 0.15) is 52.9 Å². The first-order valence-electron chi connectivity index (χ1n) is 6.24. The van der Waals surface area contributed by atoms with Gasteiger partial charge in [-0.05, 0) is 49.4 Å². The summed E-state index contributed by atoms with van der Waals surface area (Å²) in [5, 5.41) is 9.94. The monoisotopic (exact) mass is 210 g/mol. The van der Waals surface area contributed by atoms with E-state index in [0.717, 1.165) is 25.2 Å². The van der Waals surface area contributed by atoms with E-state index in [2.05, 4.69) is 27.4 Å². The van der Waals surface area contributed by atoms with Crippen molar-refractivity contribution in [1.29, 1.82) is 0 Å². The summed E-state index contributed by atoms with van der Waals surface area (Å²) >= 11 is 0. The van der Waals surface area contributed by atoms with Gasteiger partial charge in [0.15, 0.2) is 0 Å². The Labute approximate surface area is 94.6 Å². The molecule has 0 bridgehead atoms. The minimum absolute atomic E-state index is 0.0662. The summed E-state index contributed by atoms with van der Waals surface area (Å²) in [6.45, 7) is 10.7. The standard InChI is InChI=1S/C14H26O/c1-5-6-7-11-10-12(14(2,3)4)8-9-13(11)15/h5,11-13,15H,1,6-10H2,2-4H3. The van der Waals surface area contributed by atoms with Gasteiger partial charge in [-0.25, -0.2) is 0 Å². The molecule has 0 spiro atoms. The molecule has 3 unspecified atom stereocenters. The molecule has 15 heavy (non-hydrogen) atoms. The molecule has 88 valence electrons. The molecule has 1 aliphatic carbocycles. The van der Waals surface area contributed by atoms with Gasteiger partial charge in [0, 0.05) is 0 Å². The minimum atomic E-state index is -0.0662. The largest absolute Gasteiger partial charge is 0.393 e. The van der Waals surface area contributed by atoms with Crippen LogP contribution in [0.2, 0.25) is 0 Å². The zero-order valence-corrected chi connectivity index (χ0v) is 10.5. The van der Waals surface area contributed by atoms with Crippen LogP contribution < -0.4 is 0 Å². The second kappa shape index (κ2) is 5.16. The zero-order chi connectivity index (χ0) is 11.5. The Balaban J connectivity index is 2.52. The lowest BCUT2D eigenvalue weighted by molar-refractivity contribution is 0.0163. The maximum atomic E-state index is 9.94. The van der Waals surface area contributed by atoms with E-state index in [1.165, 1.54) is 12.8 Å². The average Bonchev–Trinajstić information content (AvgIpc) is 2.15. The van der Waals surface area contributed by atoms with E-state index in [9.17, 15) is 5.11 Å². The Hall–Kier alpha value is -0.300. The average molecular weight is 210 g/mol. The van der Waals surface area contributed by atoms with Crippen LogP contribution in [0.3, 0.4) is 0 Å². The van der Waals surface area contributed by atoms with Gasteiger partial charge in [0.25, 0.3) is 0 Å². The maximum Gasteiger partial charge on any atom is 0.0568 e. The zero-order valence-electron chi connectivity index (χ0n) is 10.5. The molecule has 0 aromatic carbocycles. The number of aliphatic hydroxyl groups excluding tert-OH is 1. The highest BCUT2D eigenvalue weighted by atomic mass is 16.3. The molecule has 0 aromatic rings. The first-order chi connectivity index (χ1) is 6.95. The first kappa shape index (κ1) is 12.8. The van der Waals surface area contributed by atoms with E-state index < -0.39 is 0 Å². The lowest BCUT2D eigenvalue weighted by atomic mass is 9.67. The molecular weight excluding hydrogens is 184 g/mol. The number of hydrogen-bond donors (Lipinski definition) is 1. The summed E-state index contributed by atoms with van der Waals surface area (Å²) in [6, 6.07) is 0. The smallest absolute Gasteiger partial charge is 0.0568 e. The third-order valence-electron chi connectivity index (χ3n) is 3.91. The van der Waals surface area contributed by atoms with Crippen molar-refractivity contribution in [1.82, 2.24) is 0 Å². The molecule has 1 N–H and O–H groups in total. The van der Waals surface area contributed by atoms with Crippen molar-refractivity contribution in [2.24, 2.45) is 17.3 Å². The van der Waals surface area contributed by atoms with Gasteiger partial charge in [0.1, 0.15) is 0 Å². The molecular formula is C14H26O. The molecule has 1 aliphatic rings. The molecule has 1 fully saturated rings. The van der Waals surface area contributed by atoms with Gasteiger partial charge >= 0.3 is 0 Å². The third kappa shape index (κ3) is 3.64. The molecule has 0 radical (unpaired) electrons. The van der Waals surface area contributed by atoms with Crippen LogP contribution in [-0.2, 0) is 0 Å². The van der Waals surface area contributed by atoms with E-state index in [1.54, 1.807) is 0 Å². The highest BCUT2D eigenvalue weighted by molar-refractivity contribution is 4.86. The summed E-state index contributed by atoms with van der Waals surface area (Å²) in [5.74, 6) is 1.27. The Morgan fingerprint density at radius 2 is 2.00 bits per heavy atom. The molecule has 0 amide bonds. The molecule has 1 heteroatoms. The van der Waals surface area contributed by atoms with Crippen molar-refractivity contribution in [2.75, 3.05) is 0 Å². The molecule has 0 aromatic heterocycles. The van der Waals surface area contributed by atoms with Crippen LogP contribution in [-0.4, -0.2) is 11.2 Å². The van der Waals surface area contributed by atoms with E-state index >= 15 is 0 Å². The number of allylic oxidation sites excluding steroid dienone is 1. The van der Waals surface area contributed by atoms with Gasteiger partial charge in [0.05, 0.1) is 6.10 Å². The third-order valence-corrected chi connectivity index (χ3v) is 3.91. The lowest BCUT2D eigenvalue weighted by Crippen LogP contribution is -2.34. The van der Waals surface area contributed by atoms with Crippen molar-refractivity contribution in [3.8, 4) is 0 Å². The van der Waals surface area contributed by atoms with Gasteiger partial charge < -0.3 is 5.11 Å². The van der Waals surface area contributed by atoms with Crippen molar-refractivity contribution < 1.29 is 5.11 Å². The molecule has 0 heterocycles. The quantitative estimate of drug-likeness (QED) is 0.703. The van der Waals surface area contributed by atoms with E-state index in [4.69, 9.17) is 0 Å². The van der Waals surface area contributed by atoms with Crippen molar-refractivity contribution in [3.05, 3.63) is 12.7 Å². The summed E-state index contributed by atoms with van der Waals surface area (Å²) in [7, 11) is 0. The van der Waals surface area contributed by atoms with Gasteiger partial charge in [-0.15, -0.1) is 6.58 Å². The number of aliphatic hydroxyl groups is 1. The Kier molecular flexibility index (Phi) is 4.39. The lowest BCUT2D eigenvalue weighted by Gasteiger charge is -2.40. The van der Waals surface area contributed by atoms with Crippen LogP contribution in [0.5, 0.6) is 0 Å².